The smallest absolute Gasteiger partial charge is 0.165 e. The molecule has 0 unspecified atom stereocenters. The van der Waals surface area contributed by atoms with Crippen molar-refractivity contribution in [3.8, 4) is 22.6 Å². The lowest BCUT2D eigenvalue weighted by molar-refractivity contribution is 0.307. The van der Waals surface area contributed by atoms with Crippen molar-refractivity contribution in [2.75, 3.05) is 13.2 Å². The first-order valence-electron chi connectivity index (χ1n) is 8.41. The average molecular weight is 347 g/mol. The lowest BCUT2D eigenvalue weighted by Crippen LogP contribution is -2.16. The molecule has 5 rings (SSSR count). The number of aromatic hydroxyl groups is 1. The number of fused-ring (bicyclic) bond motifs is 4. The predicted octanol–water partition coefficient (Wildman–Crippen LogP) is 4.91. The summed E-state index contributed by atoms with van der Waals surface area (Å²) in [5.41, 5.74) is 3.13. The number of phenols is 1. The van der Waals surface area contributed by atoms with Gasteiger partial charge in [-0.05, 0) is 41.5 Å². The maximum Gasteiger partial charge on any atom is 0.165 e. The Kier molecular flexibility index (Phi) is 3.40. The summed E-state index contributed by atoms with van der Waals surface area (Å²) in [5, 5.41) is 16.3. The fourth-order valence-electron chi connectivity index (χ4n) is 3.49. The second-order valence-corrected chi connectivity index (χ2v) is 7.40. The minimum Gasteiger partial charge on any atom is -0.504 e. The van der Waals surface area contributed by atoms with Crippen LogP contribution in [-0.2, 0) is 6.54 Å². The zero-order valence-corrected chi connectivity index (χ0v) is 14.4. The summed E-state index contributed by atoms with van der Waals surface area (Å²) in [7, 11) is 0. The second-order valence-electron chi connectivity index (χ2n) is 6.32. The lowest BCUT2D eigenvalue weighted by atomic mass is 9.99. The van der Waals surface area contributed by atoms with Gasteiger partial charge in [-0.2, -0.15) is 0 Å². The van der Waals surface area contributed by atoms with Crippen molar-refractivity contribution >= 4 is 31.5 Å². The fraction of sp³-hybridized carbons (Fsp3) is 0.143. The fourth-order valence-corrected chi connectivity index (χ4v) is 4.58. The van der Waals surface area contributed by atoms with Gasteiger partial charge in [-0.3, -0.25) is 0 Å². The first-order chi connectivity index (χ1) is 12.3. The van der Waals surface area contributed by atoms with E-state index in [2.05, 4.69) is 53.8 Å². The summed E-state index contributed by atoms with van der Waals surface area (Å²) < 4.78 is 8.26. The van der Waals surface area contributed by atoms with Gasteiger partial charge in [0.2, 0.25) is 0 Å². The zero-order chi connectivity index (χ0) is 16.8. The van der Waals surface area contributed by atoms with Gasteiger partial charge in [0, 0.05) is 38.8 Å². The molecule has 1 aromatic heterocycles. The number of phenolic OH excluding ortho intramolecular Hbond substituents is 1. The van der Waals surface area contributed by atoms with Crippen molar-refractivity contribution in [3.63, 3.8) is 0 Å². The minimum atomic E-state index is 0.214. The van der Waals surface area contributed by atoms with Gasteiger partial charge < -0.3 is 15.2 Å². The molecule has 124 valence electrons. The maximum absolute atomic E-state index is 10.4. The second kappa shape index (κ2) is 5.76. The van der Waals surface area contributed by atoms with Gasteiger partial charge in [-0.15, -0.1) is 11.3 Å². The van der Waals surface area contributed by atoms with E-state index in [0.717, 1.165) is 23.2 Å². The molecule has 4 heteroatoms. The molecule has 0 bridgehead atoms. The van der Waals surface area contributed by atoms with E-state index in [1.54, 1.807) is 6.07 Å². The van der Waals surface area contributed by atoms with E-state index < -0.39 is 0 Å². The Hall–Kier alpha value is -2.56. The van der Waals surface area contributed by atoms with Gasteiger partial charge in [0.25, 0.3) is 0 Å². The number of thiophene rings is 1. The number of rotatable bonds is 1. The van der Waals surface area contributed by atoms with E-state index in [0.29, 0.717) is 18.9 Å². The quantitative estimate of drug-likeness (QED) is 0.514. The Morgan fingerprint density at radius 3 is 2.76 bits per heavy atom. The largest absolute Gasteiger partial charge is 0.504 e. The molecule has 4 aromatic rings. The van der Waals surface area contributed by atoms with Crippen LogP contribution in [0.15, 0.2) is 54.6 Å². The van der Waals surface area contributed by atoms with Crippen LogP contribution in [0.25, 0.3) is 31.3 Å². The van der Waals surface area contributed by atoms with Crippen LogP contribution in [0.3, 0.4) is 0 Å². The molecule has 2 heterocycles. The summed E-state index contributed by atoms with van der Waals surface area (Å²) in [4.78, 5) is 0. The van der Waals surface area contributed by atoms with Gasteiger partial charge in [0.05, 0.1) is 0 Å². The van der Waals surface area contributed by atoms with Crippen molar-refractivity contribution in [1.82, 2.24) is 5.32 Å². The average Bonchev–Trinajstić information content (AvgIpc) is 2.82. The van der Waals surface area contributed by atoms with Crippen molar-refractivity contribution in [3.05, 3.63) is 60.2 Å². The number of nitrogens with one attached hydrogen (secondary N) is 1. The van der Waals surface area contributed by atoms with Crippen molar-refractivity contribution in [1.29, 1.82) is 0 Å². The molecule has 25 heavy (non-hydrogen) atoms. The molecule has 0 saturated carbocycles. The Labute approximate surface area is 149 Å². The summed E-state index contributed by atoms with van der Waals surface area (Å²) in [6, 6.07) is 18.9. The van der Waals surface area contributed by atoms with Gasteiger partial charge in [0.1, 0.15) is 6.61 Å². The summed E-state index contributed by atoms with van der Waals surface area (Å²) in [6.45, 7) is 2.07. The molecule has 3 nitrogen and oxygen atoms in total. The Morgan fingerprint density at radius 1 is 0.920 bits per heavy atom. The Morgan fingerprint density at radius 2 is 1.80 bits per heavy atom. The topological polar surface area (TPSA) is 41.5 Å². The van der Waals surface area contributed by atoms with Crippen LogP contribution < -0.4 is 10.1 Å². The first-order valence-corrected chi connectivity index (χ1v) is 9.22. The number of ether oxygens (including phenoxy) is 1. The van der Waals surface area contributed by atoms with E-state index in [1.807, 2.05) is 11.3 Å². The molecule has 0 fully saturated rings. The lowest BCUT2D eigenvalue weighted by Gasteiger charge is -2.12. The third kappa shape index (κ3) is 2.46. The van der Waals surface area contributed by atoms with Gasteiger partial charge in [-0.25, -0.2) is 0 Å². The third-order valence-electron chi connectivity index (χ3n) is 4.70. The number of benzene rings is 3. The van der Waals surface area contributed by atoms with E-state index in [-0.39, 0.29) is 5.75 Å². The molecule has 3 aromatic carbocycles. The summed E-state index contributed by atoms with van der Waals surface area (Å²) in [5.74, 6) is 0.822. The predicted molar refractivity (Wildman–Crippen MR) is 104 cm³/mol. The third-order valence-corrected chi connectivity index (χ3v) is 5.85. The Balaban J connectivity index is 1.69. The van der Waals surface area contributed by atoms with Crippen molar-refractivity contribution < 1.29 is 9.84 Å². The van der Waals surface area contributed by atoms with Crippen molar-refractivity contribution in [2.24, 2.45) is 0 Å². The highest BCUT2D eigenvalue weighted by Gasteiger charge is 2.16. The van der Waals surface area contributed by atoms with Crippen LogP contribution in [0.5, 0.6) is 11.5 Å². The van der Waals surface area contributed by atoms with Gasteiger partial charge >= 0.3 is 0 Å². The number of hydrogen-bond acceptors (Lipinski definition) is 4. The monoisotopic (exact) mass is 347 g/mol. The molecule has 2 N–H and O–H groups in total. The van der Waals surface area contributed by atoms with E-state index in [1.165, 1.54) is 20.2 Å². The standard InChI is InChI=1S/C21H17NO2S/c23-18-11-14(9-15-12-22-7-8-24-21(15)18)13-5-6-20-17(10-13)16-3-1-2-4-19(16)25-20/h1-6,9-11,22-23H,7-8,12H2. The van der Waals surface area contributed by atoms with E-state index in [4.69, 9.17) is 4.74 Å². The van der Waals surface area contributed by atoms with Gasteiger partial charge in [0.15, 0.2) is 11.5 Å². The van der Waals surface area contributed by atoms with E-state index in [9.17, 15) is 5.11 Å². The first kappa shape index (κ1) is 14.8. The summed E-state index contributed by atoms with van der Waals surface area (Å²) in [6.07, 6.45) is 0. The highest BCUT2D eigenvalue weighted by atomic mass is 32.1. The van der Waals surface area contributed by atoms with Crippen LogP contribution >= 0.6 is 11.3 Å². The molecular weight excluding hydrogens is 330 g/mol. The zero-order valence-electron chi connectivity index (χ0n) is 13.6. The molecule has 0 aliphatic carbocycles. The highest BCUT2D eigenvalue weighted by molar-refractivity contribution is 7.25. The van der Waals surface area contributed by atoms with Crippen LogP contribution in [0.4, 0.5) is 0 Å². The molecule has 0 amide bonds. The number of hydrogen-bond donors (Lipinski definition) is 2. The maximum atomic E-state index is 10.4. The molecule has 0 saturated heterocycles. The molecule has 0 atom stereocenters. The normalized spacial score (nSPS) is 14.2. The van der Waals surface area contributed by atoms with Crippen LogP contribution in [-0.4, -0.2) is 18.3 Å². The van der Waals surface area contributed by atoms with Crippen LogP contribution in [0, 0.1) is 0 Å². The summed E-state index contributed by atoms with van der Waals surface area (Å²) >= 11 is 1.81. The molecular formula is C21H17NO2S. The SMILES string of the molecule is Oc1cc(-c2ccc3sc4ccccc4c3c2)cc2c1OCCNC2. The van der Waals surface area contributed by atoms with Crippen LogP contribution in [0.1, 0.15) is 5.56 Å². The van der Waals surface area contributed by atoms with Crippen molar-refractivity contribution in [2.45, 2.75) is 6.54 Å². The molecule has 1 aliphatic heterocycles. The highest BCUT2D eigenvalue weighted by Crippen LogP contribution is 2.39. The van der Waals surface area contributed by atoms with E-state index >= 15 is 0 Å². The minimum absolute atomic E-state index is 0.214. The molecule has 0 spiro atoms. The Bertz CT molecular complexity index is 1100. The molecule has 0 radical (unpaired) electrons. The molecule has 1 aliphatic rings. The van der Waals surface area contributed by atoms with Gasteiger partial charge in [-0.1, -0.05) is 24.3 Å². The van der Waals surface area contributed by atoms with Crippen LogP contribution in [0.2, 0.25) is 0 Å².